The minimum Gasteiger partial charge on any atom is -0.373 e. The highest BCUT2D eigenvalue weighted by Gasteiger charge is 2.48. The first-order valence-electron chi connectivity index (χ1n) is 10.6. The summed E-state index contributed by atoms with van der Waals surface area (Å²) in [7, 11) is 1.64. The van der Waals surface area contributed by atoms with Crippen molar-refractivity contribution < 1.29 is 19.2 Å². The molecular formula is C23H23N5O4. The Balaban J connectivity index is 1.52. The highest BCUT2D eigenvalue weighted by atomic mass is 16.5. The van der Waals surface area contributed by atoms with Gasteiger partial charge in [0.1, 0.15) is 11.4 Å². The summed E-state index contributed by atoms with van der Waals surface area (Å²) >= 11 is 0. The number of carbonyl (C=O) groups is 2. The third kappa shape index (κ3) is 3.25. The smallest absolute Gasteiger partial charge is 0.267 e. The molecular weight excluding hydrogens is 410 g/mol. The number of amides is 2. The minimum absolute atomic E-state index is 0.119. The van der Waals surface area contributed by atoms with Crippen molar-refractivity contribution in [2.45, 2.75) is 37.7 Å². The molecule has 2 aromatic heterocycles. The van der Waals surface area contributed by atoms with E-state index in [0.29, 0.717) is 29.2 Å². The number of carbonyl (C=O) groups excluding carboxylic acids is 2. The summed E-state index contributed by atoms with van der Waals surface area (Å²) in [6.07, 6.45) is 3.80. The van der Waals surface area contributed by atoms with Gasteiger partial charge in [-0.15, -0.1) is 0 Å². The first-order valence-corrected chi connectivity index (χ1v) is 10.6. The summed E-state index contributed by atoms with van der Waals surface area (Å²) < 4.78 is 5.36. The topological polar surface area (TPSA) is 135 Å². The number of hydrogen-bond acceptors (Lipinski definition) is 7. The van der Waals surface area contributed by atoms with Crippen LogP contribution in [0.15, 0.2) is 34.9 Å². The maximum atomic E-state index is 12.4. The van der Waals surface area contributed by atoms with Crippen molar-refractivity contribution in [1.82, 2.24) is 20.0 Å². The zero-order valence-corrected chi connectivity index (χ0v) is 17.7. The molecule has 0 radical (unpaired) electrons. The zero-order valence-electron chi connectivity index (χ0n) is 17.7. The van der Waals surface area contributed by atoms with E-state index >= 15 is 0 Å². The number of hydrogen-bond donors (Lipinski definition) is 2. The molecule has 3 heterocycles. The minimum atomic E-state index is -1.70. The van der Waals surface area contributed by atoms with E-state index in [9.17, 15) is 14.7 Å². The van der Waals surface area contributed by atoms with Gasteiger partial charge in [-0.2, -0.15) is 0 Å². The number of nitrogens with zero attached hydrogens (tertiary/aromatic N) is 4. The highest BCUT2D eigenvalue weighted by molar-refractivity contribution is 5.93. The van der Waals surface area contributed by atoms with Crippen LogP contribution in [-0.2, 0) is 23.2 Å². The van der Waals surface area contributed by atoms with Gasteiger partial charge < -0.3 is 20.3 Å². The van der Waals surface area contributed by atoms with Gasteiger partial charge in [0.15, 0.2) is 11.6 Å². The molecule has 1 unspecified atom stereocenters. The van der Waals surface area contributed by atoms with Gasteiger partial charge in [0.25, 0.3) is 11.8 Å². The summed E-state index contributed by atoms with van der Waals surface area (Å²) in [5.41, 5.74) is 7.80. The monoisotopic (exact) mass is 433 g/mol. The fourth-order valence-corrected chi connectivity index (χ4v) is 4.43. The predicted molar refractivity (Wildman–Crippen MR) is 114 cm³/mol. The van der Waals surface area contributed by atoms with E-state index < -0.39 is 17.4 Å². The number of rotatable bonds is 4. The molecule has 32 heavy (non-hydrogen) atoms. The number of aryl methyl sites for hydroxylation is 1. The SMILES string of the molecule is CN1CCC(O)(c2cc(-c3cccc(-c4nc5c(c(C(N)=O)n4)CCCC5)c3)no2)C1=O. The van der Waals surface area contributed by atoms with Crippen molar-refractivity contribution in [3.8, 4) is 22.6 Å². The summed E-state index contributed by atoms with van der Waals surface area (Å²) in [6, 6.07) is 8.94. The second-order valence-corrected chi connectivity index (χ2v) is 8.39. The Bertz CT molecular complexity index is 1240. The van der Waals surface area contributed by atoms with Crippen LogP contribution in [0.3, 0.4) is 0 Å². The summed E-state index contributed by atoms with van der Waals surface area (Å²) in [5.74, 6) is -0.413. The molecule has 1 aliphatic carbocycles. The molecule has 9 heteroatoms. The van der Waals surface area contributed by atoms with Crippen LogP contribution in [0, 0.1) is 0 Å². The van der Waals surface area contributed by atoms with Crippen LogP contribution < -0.4 is 5.73 Å². The lowest BCUT2D eigenvalue weighted by Gasteiger charge is -2.18. The molecule has 1 atom stereocenters. The molecule has 2 amide bonds. The second kappa shape index (κ2) is 7.52. The number of fused-ring (bicyclic) bond motifs is 1. The van der Waals surface area contributed by atoms with Crippen LogP contribution in [0.5, 0.6) is 0 Å². The third-order valence-electron chi connectivity index (χ3n) is 6.26. The van der Waals surface area contributed by atoms with Crippen molar-refractivity contribution in [3.05, 3.63) is 53.0 Å². The quantitative estimate of drug-likeness (QED) is 0.641. The highest BCUT2D eigenvalue weighted by Crippen LogP contribution is 2.35. The number of likely N-dealkylation sites (N-methyl/N-ethyl adjacent to an activating group) is 1. The first kappa shape index (κ1) is 20.3. The maximum Gasteiger partial charge on any atom is 0.267 e. The van der Waals surface area contributed by atoms with Gasteiger partial charge in [-0.1, -0.05) is 23.4 Å². The Kier molecular flexibility index (Phi) is 4.78. The van der Waals surface area contributed by atoms with Gasteiger partial charge >= 0.3 is 0 Å². The van der Waals surface area contributed by atoms with Crippen molar-refractivity contribution >= 4 is 11.8 Å². The fraction of sp³-hybridized carbons (Fsp3) is 0.348. The molecule has 1 saturated heterocycles. The molecule has 3 aromatic rings. The Morgan fingerprint density at radius 3 is 2.72 bits per heavy atom. The first-order chi connectivity index (χ1) is 15.4. The number of nitrogens with two attached hydrogens (primary N) is 1. The molecule has 9 nitrogen and oxygen atoms in total. The number of benzene rings is 1. The van der Waals surface area contributed by atoms with Crippen molar-refractivity contribution in [2.75, 3.05) is 13.6 Å². The van der Waals surface area contributed by atoms with Crippen LogP contribution >= 0.6 is 0 Å². The molecule has 1 fully saturated rings. The van der Waals surface area contributed by atoms with Crippen LogP contribution in [0.1, 0.15) is 46.8 Å². The van der Waals surface area contributed by atoms with E-state index in [4.69, 9.17) is 15.2 Å². The maximum absolute atomic E-state index is 12.4. The number of aliphatic hydroxyl groups is 1. The van der Waals surface area contributed by atoms with Crippen molar-refractivity contribution in [3.63, 3.8) is 0 Å². The molecule has 2 aliphatic rings. The molecule has 3 N–H and O–H groups in total. The third-order valence-corrected chi connectivity index (χ3v) is 6.26. The number of likely N-dealkylation sites (tertiary alicyclic amines) is 1. The molecule has 5 rings (SSSR count). The molecule has 0 saturated carbocycles. The van der Waals surface area contributed by atoms with E-state index in [0.717, 1.165) is 36.9 Å². The van der Waals surface area contributed by atoms with Crippen LogP contribution in [0.25, 0.3) is 22.6 Å². The Hall–Kier alpha value is -3.59. The summed E-state index contributed by atoms with van der Waals surface area (Å²) in [4.78, 5) is 35.0. The summed E-state index contributed by atoms with van der Waals surface area (Å²) in [6.45, 7) is 0.443. The van der Waals surface area contributed by atoms with Gasteiger partial charge in [-0.05, 0) is 31.7 Å². The van der Waals surface area contributed by atoms with E-state index in [1.165, 1.54) is 4.90 Å². The molecule has 1 aromatic carbocycles. The van der Waals surface area contributed by atoms with Crippen molar-refractivity contribution in [2.24, 2.45) is 5.73 Å². The van der Waals surface area contributed by atoms with E-state index in [2.05, 4.69) is 10.1 Å². The summed E-state index contributed by atoms with van der Waals surface area (Å²) in [5, 5.41) is 14.9. The van der Waals surface area contributed by atoms with Gasteiger partial charge in [-0.3, -0.25) is 9.59 Å². The number of aromatic nitrogens is 3. The van der Waals surface area contributed by atoms with Crippen LogP contribution in [0.4, 0.5) is 0 Å². The van der Waals surface area contributed by atoms with Crippen molar-refractivity contribution in [1.29, 1.82) is 0 Å². The largest absolute Gasteiger partial charge is 0.373 e. The lowest BCUT2D eigenvalue weighted by atomic mass is 9.94. The zero-order chi connectivity index (χ0) is 22.5. The van der Waals surface area contributed by atoms with Gasteiger partial charge in [0, 0.05) is 48.5 Å². The van der Waals surface area contributed by atoms with Crippen LogP contribution in [0.2, 0.25) is 0 Å². The fourth-order valence-electron chi connectivity index (χ4n) is 4.43. The Labute approximate surface area is 184 Å². The average molecular weight is 433 g/mol. The van der Waals surface area contributed by atoms with Crippen LogP contribution in [-0.4, -0.2) is 50.5 Å². The van der Waals surface area contributed by atoms with Gasteiger partial charge in [-0.25, -0.2) is 9.97 Å². The molecule has 0 bridgehead atoms. The van der Waals surface area contributed by atoms with E-state index in [1.807, 2.05) is 24.3 Å². The van der Waals surface area contributed by atoms with Gasteiger partial charge in [0.2, 0.25) is 5.60 Å². The molecule has 0 spiro atoms. The standard InChI is InChI=1S/C23H23N5O4/c1-28-10-9-23(31,22(28)30)18-12-17(27-32-18)13-5-4-6-14(11-13)21-25-16-8-3-2-7-15(16)19(26-21)20(24)29/h4-6,11-12,31H,2-3,7-10H2,1H3,(H2,24,29). The Morgan fingerprint density at radius 1 is 1.19 bits per heavy atom. The number of primary amides is 1. The average Bonchev–Trinajstić information content (AvgIpc) is 3.41. The molecule has 164 valence electrons. The predicted octanol–water partition coefficient (Wildman–Crippen LogP) is 1.83. The molecule has 1 aliphatic heterocycles. The van der Waals surface area contributed by atoms with E-state index in [1.54, 1.807) is 13.1 Å². The second-order valence-electron chi connectivity index (χ2n) is 8.39. The lowest BCUT2D eigenvalue weighted by molar-refractivity contribution is -0.144. The Morgan fingerprint density at radius 2 is 1.97 bits per heavy atom. The van der Waals surface area contributed by atoms with Gasteiger partial charge in [0.05, 0.1) is 0 Å². The van der Waals surface area contributed by atoms with E-state index in [-0.39, 0.29) is 17.9 Å². The lowest BCUT2D eigenvalue weighted by Crippen LogP contribution is -2.35. The normalized spacial score (nSPS) is 20.4.